The fourth-order valence-electron chi connectivity index (χ4n) is 4.42. The zero-order valence-electron chi connectivity index (χ0n) is 18.0. The van der Waals surface area contributed by atoms with E-state index >= 15 is 0 Å². The van der Waals surface area contributed by atoms with E-state index in [1.165, 1.54) is 19.3 Å². The van der Waals surface area contributed by atoms with E-state index in [0.29, 0.717) is 54.5 Å². The number of H-pyrrole nitrogens is 1. The van der Waals surface area contributed by atoms with E-state index in [9.17, 15) is 8.42 Å². The van der Waals surface area contributed by atoms with E-state index in [1.54, 1.807) is 18.2 Å². The monoisotopic (exact) mass is 433 g/mol. The molecule has 1 saturated heterocycles. The highest BCUT2D eigenvalue weighted by molar-refractivity contribution is 7.89. The van der Waals surface area contributed by atoms with Gasteiger partial charge in [-0.2, -0.15) is 14.4 Å². The molecule has 164 valence electrons. The summed E-state index contributed by atoms with van der Waals surface area (Å²) in [6.45, 7) is 7.46. The molecular weight excluding hydrogens is 402 g/mol. The average Bonchev–Trinajstić information content (AvgIpc) is 3.07. The van der Waals surface area contributed by atoms with Gasteiger partial charge in [0.15, 0.2) is 0 Å². The zero-order valence-corrected chi connectivity index (χ0v) is 18.8. The van der Waals surface area contributed by atoms with Gasteiger partial charge in [0.2, 0.25) is 16.0 Å². The second-order valence-electron chi connectivity index (χ2n) is 8.32. The fraction of sp³-hybridized carbons (Fsp3) is 0.650. The van der Waals surface area contributed by atoms with Gasteiger partial charge in [0.25, 0.3) is 0 Å². The van der Waals surface area contributed by atoms with Crippen LogP contribution < -0.4 is 10.2 Å². The summed E-state index contributed by atoms with van der Waals surface area (Å²) in [6, 6.07) is 2.41. The number of aryl methyl sites for hydroxylation is 3. The van der Waals surface area contributed by atoms with E-state index < -0.39 is 10.0 Å². The molecule has 0 radical (unpaired) electrons. The topological polar surface area (TPSA) is 107 Å². The molecule has 9 nitrogen and oxygen atoms in total. The molecule has 1 aliphatic heterocycles. The summed E-state index contributed by atoms with van der Waals surface area (Å²) in [4.78, 5) is 11.7. The Balaban J connectivity index is 1.45. The first-order valence-electron chi connectivity index (χ1n) is 10.7. The molecule has 0 spiro atoms. The van der Waals surface area contributed by atoms with Crippen molar-refractivity contribution in [1.82, 2.24) is 24.5 Å². The molecule has 0 bridgehead atoms. The average molecular weight is 434 g/mol. The minimum atomic E-state index is -3.55. The first kappa shape index (κ1) is 21.0. The molecule has 0 atom stereocenters. The minimum Gasteiger partial charge on any atom is -0.354 e. The molecule has 2 aliphatic rings. The Morgan fingerprint density at radius 1 is 1.03 bits per heavy atom. The Kier molecular flexibility index (Phi) is 5.97. The van der Waals surface area contributed by atoms with Crippen molar-refractivity contribution in [2.75, 3.05) is 36.4 Å². The van der Waals surface area contributed by atoms with Gasteiger partial charge in [0.1, 0.15) is 10.7 Å². The van der Waals surface area contributed by atoms with Gasteiger partial charge < -0.3 is 10.2 Å². The Bertz CT molecular complexity index is 971. The molecule has 0 aromatic carbocycles. The number of sulfonamides is 1. The van der Waals surface area contributed by atoms with Crippen molar-refractivity contribution in [2.24, 2.45) is 0 Å². The summed E-state index contributed by atoms with van der Waals surface area (Å²) in [7, 11) is -3.55. The molecule has 10 heteroatoms. The van der Waals surface area contributed by atoms with Crippen molar-refractivity contribution in [3.63, 3.8) is 0 Å². The van der Waals surface area contributed by atoms with Gasteiger partial charge in [-0.25, -0.2) is 13.4 Å². The number of anilines is 2. The molecular formula is C20H31N7O2S. The van der Waals surface area contributed by atoms with E-state index in [0.717, 1.165) is 24.4 Å². The highest BCUT2D eigenvalue weighted by atomic mass is 32.2. The van der Waals surface area contributed by atoms with Crippen molar-refractivity contribution in [1.29, 1.82) is 0 Å². The maximum atomic E-state index is 13.1. The van der Waals surface area contributed by atoms with Gasteiger partial charge >= 0.3 is 0 Å². The van der Waals surface area contributed by atoms with Crippen molar-refractivity contribution in [3.05, 3.63) is 23.1 Å². The predicted octanol–water partition coefficient (Wildman–Crippen LogP) is 2.38. The summed E-state index contributed by atoms with van der Waals surface area (Å²) in [5, 5.41) is 10.3. The summed E-state index contributed by atoms with van der Waals surface area (Å²) in [5.74, 6) is 1.53. The van der Waals surface area contributed by atoms with Crippen LogP contribution in [0.25, 0.3) is 0 Å². The van der Waals surface area contributed by atoms with Gasteiger partial charge in [-0.15, -0.1) is 0 Å². The van der Waals surface area contributed by atoms with Crippen LogP contribution in [0.1, 0.15) is 49.2 Å². The molecule has 2 N–H and O–H groups in total. The van der Waals surface area contributed by atoms with Crippen molar-refractivity contribution >= 4 is 21.8 Å². The van der Waals surface area contributed by atoms with Crippen LogP contribution in [0.4, 0.5) is 11.8 Å². The quantitative estimate of drug-likeness (QED) is 0.745. The number of hydrogen-bond acceptors (Lipinski definition) is 7. The molecule has 3 heterocycles. The first-order chi connectivity index (χ1) is 14.3. The van der Waals surface area contributed by atoms with Crippen molar-refractivity contribution < 1.29 is 8.42 Å². The summed E-state index contributed by atoms with van der Waals surface area (Å²) >= 11 is 0. The molecule has 1 aliphatic carbocycles. The van der Waals surface area contributed by atoms with Crippen LogP contribution in [0.5, 0.6) is 0 Å². The number of nitrogens with zero attached hydrogens (tertiary/aromatic N) is 5. The fourth-order valence-corrected chi connectivity index (χ4v) is 6.17. The third-order valence-electron chi connectivity index (χ3n) is 6.00. The van der Waals surface area contributed by atoms with Gasteiger partial charge in [-0.05, 0) is 33.6 Å². The van der Waals surface area contributed by atoms with Crippen LogP contribution in [0.3, 0.4) is 0 Å². The van der Waals surface area contributed by atoms with Crippen LogP contribution >= 0.6 is 0 Å². The normalized spacial score (nSPS) is 19.2. The van der Waals surface area contributed by atoms with E-state index in [2.05, 4.69) is 25.4 Å². The van der Waals surface area contributed by atoms with Crippen LogP contribution in [0, 0.1) is 20.8 Å². The number of aromatic nitrogens is 4. The van der Waals surface area contributed by atoms with Gasteiger partial charge in [-0.3, -0.25) is 5.10 Å². The molecule has 30 heavy (non-hydrogen) atoms. The standard InChI is InChI=1S/C20H31N7O2S/c1-14-13-18(23-20(21-14)22-17-7-5-4-6-8-17)26-9-11-27(12-10-26)30(28,29)19-15(2)24-25-16(19)3/h13,17H,4-12H2,1-3H3,(H,24,25)(H,21,22,23). The molecule has 2 fully saturated rings. The smallest absolute Gasteiger partial charge is 0.246 e. The minimum absolute atomic E-state index is 0.299. The molecule has 0 amide bonds. The third-order valence-corrected chi connectivity index (χ3v) is 8.16. The van der Waals surface area contributed by atoms with Crippen LogP contribution in [-0.4, -0.2) is 65.1 Å². The lowest BCUT2D eigenvalue weighted by molar-refractivity contribution is 0.383. The van der Waals surface area contributed by atoms with Crippen LogP contribution in [-0.2, 0) is 10.0 Å². The predicted molar refractivity (Wildman–Crippen MR) is 116 cm³/mol. The number of aromatic amines is 1. The van der Waals surface area contributed by atoms with Gasteiger partial charge in [0, 0.05) is 44.0 Å². The molecule has 2 aromatic heterocycles. The van der Waals surface area contributed by atoms with E-state index in [1.807, 2.05) is 13.0 Å². The Hall–Kier alpha value is -2.20. The van der Waals surface area contributed by atoms with E-state index in [4.69, 9.17) is 4.98 Å². The molecule has 2 aromatic rings. The number of nitrogens with one attached hydrogen (secondary N) is 2. The Labute approximate surface area is 178 Å². The molecule has 4 rings (SSSR count). The lowest BCUT2D eigenvalue weighted by Gasteiger charge is -2.35. The summed E-state index contributed by atoms with van der Waals surface area (Å²) in [5.41, 5.74) is 2.01. The van der Waals surface area contributed by atoms with Crippen LogP contribution in [0.2, 0.25) is 0 Å². The van der Waals surface area contributed by atoms with Gasteiger partial charge in [-0.1, -0.05) is 19.3 Å². The van der Waals surface area contributed by atoms with Gasteiger partial charge in [0.05, 0.1) is 11.4 Å². The maximum Gasteiger partial charge on any atom is 0.246 e. The summed E-state index contributed by atoms with van der Waals surface area (Å²) in [6.07, 6.45) is 6.14. The van der Waals surface area contributed by atoms with E-state index in [-0.39, 0.29) is 0 Å². The SMILES string of the molecule is Cc1cc(N2CCN(S(=O)(=O)c3c(C)n[nH]c3C)CC2)nc(NC2CCCCC2)n1. The maximum absolute atomic E-state index is 13.1. The van der Waals surface area contributed by atoms with Crippen molar-refractivity contribution in [3.8, 4) is 0 Å². The molecule has 1 saturated carbocycles. The summed E-state index contributed by atoms with van der Waals surface area (Å²) < 4.78 is 27.7. The van der Waals surface area contributed by atoms with Crippen molar-refractivity contribution in [2.45, 2.75) is 63.8 Å². The Morgan fingerprint density at radius 2 is 1.73 bits per heavy atom. The second-order valence-corrected chi connectivity index (χ2v) is 10.2. The zero-order chi connectivity index (χ0) is 21.3. The molecule has 0 unspecified atom stereocenters. The lowest BCUT2D eigenvalue weighted by atomic mass is 9.96. The Morgan fingerprint density at radius 3 is 2.37 bits per heavy atom. The van der Waals surface area contributed by atoms with Crippen LogP contribution in [0.15, 0.2) is 11.0 Å². The number of rotatable bonds is 5. The first-order valence-corrected chi connectivity index (χ1v) is 12.2. The highest BCUT2D eigenvalue weighted by Crippen LogP contribution is 2.25. The third kappa shape index (κ3) is 4.29. The number of piperazine rings is 1. The second kappa shape index (κ2) is 8.50. The lowest BCUT2D eigenvalue weighted by Crippen LogP contribution is -2.49. The largest absolute Gasteiger partial charge is 0.354 e. The highest BCUT2D eigenvalue weighted by Gasteiger charge is 2.32. The number of hydrogen-bond donors (Lipinski definition) is 2.